The van der Waals surface area contributed by atoms with E-state index in [0.717, 1.165) is 11.1 Å². The molecule has 35 heavy (non-hydrogen) atoms. The number of fused-ring (bicyclic) bond motifs is 1. The number of aliphatic hydroxyl groups is 1. The van der Waals surface area contributed by atoms with Crippen molar-refractivity contribution < 1.29 is 42.4 Å². The molecule has 0 bridgehead atoms. The molecule has 0 aliphatic carbocycles. The van der Waals surface area contributed by atoms with E-state index in [1.165, 1.54) is 14.2 Å². The summed E-state index contributed by atoms with van der Waals surface area (Å²) in [5, 5.41) is 9.69. The van der Waals surface area contributed by atoms with Gasteiger partial charge in [0.25, 0.3) is 0 Å². The van der Waals surface area contributed by atoms with Crippen molar-refractivity contribution in [2.75, 3.05) is 20.8 Å². The molecular formula is C25H33O9P. The first-order chi connectivity index (χ1) is 16.7. The van der Waals surface area contributed by atoms with Crippen LogP contribution in [0, 0.1) is 0 Å². The Bertz CT molecular complexity index is 995. The summed E-state index contributed by atoms with van der Waals surface area (Å²) in [5.74, 6) is -0.914. The lowest BCUT2D eigenvalue weighted by Gasteiger charge is -2.39. The molecule has 192 valence electrons. The van der Waals surface area contributed by atoms with Gasteiger partial charge in [-0.3, -0.25) is 4.57 Å². The normalized spacial score (nSPS) is 27.5. The fraction of sp³-hybridized carbons (Fsp3) is 0.520. The SMILES string of the molecule is COP(=O)(OC)[C@@](O)(COCc1ccccc1)[C@H]1O[C@H]2OC(C)(C)O[C@H]2[C@H]1OCc1ccccc1. The molecule has 0 spiro atoms. The predicted molar refractivity (Wildman–Crippen MR) is 126 cm³/mol. The lowest BCUT2D eigenvalue weighted by Crippen LogP contribution is -2.54. The van der Waals surface area contributed by atoms with Crippen molar-refractivity contribution in [2.24, 2.45) is 0 Å². The van der Waals surface area contributed by atoms with E-state index in [4.69, 9.17) is 32.7 Å². The highest BCUT2D eigenvalue weighted by molar-refractivity contribution is 7.55. The molecule has 2 aliphatic rings. The van der Waals surface area contributed by atoms with E-state index >= 15 is 0 Å². The van der Waals surface area contributed by atoms with E-state index in [2.05, 4.69) is 0 Å². The Morgan fingerprint density at radius 2 is 1.51 bits per heavy atom. The molecule has 5 atom stereocenters. The summed E-state index contributed by atoms with van der Waals surface area (Å²) >= 11 is 0. The summed E-state index contributed by atoms with van der Waals surface area (Å²) in [7, 11) is -1.75. The van der Waals surface area contributed by atoms with E-state index in [-0.39, 0.29) is 13.2 Å². The van der Waals surface area contributed by atoms with Gasteiger partial charge < -0.3 is 37.8 Å². The van der Waals surface area contributed by atoms with Crippen LogP contribution < -0.4 is 0 Å². The minimum atomic E-state index is -4.16. The molecule has 2 heterocycles. The molecule has 2 aliphatic heterocycles. The molecule has 1 N–H and O–H groups in total. The van der Waals surface area contributed by atoms with Crippen LogP contribution in [0.4, 0.5) is 0 Å². The number of hydrogen-bond acceptors (Lipinski definition) is 9. The topological polar surface area (TPSA) is 102 Å². The number of hydrogen-bond donors (Lipinski definition) is 1. The minimum absolute atomic E-state index is 0.172. The lowest BCUT2D eigenvalue weighted by atomic mass is 10.0. The fourth-order valence-electron chi connectivity index (χ4n) is 4.40. The second kappa shape index (κ2) is 10.8. The van der Waals surface area contributed by atoms with Gasteiger partial charge in [0.15, 0.2) is 12.1 Å². The Kier molecular flexibility index (Phi) is 8.12. The minimum Gasteiger partial charge on any atom is -0.374 e. The molecule has 0 saturated carbocycles. The van der Waals surface area contributed by atoms with Gasteiger partial charge >= 0.3 is 7.60 Å². The fourth-order valence-corrected chi connectivity index (χ4v) is 5.95. The van der Waals surface area contributed by atoms with Crippen LogP contribution in [0.5, 0.6) is 0 Å². The van der Waals surface area contributed by atoms with Crippen LogP contribution in [0.25, 0.3) is 0 Å². The Morgan fingerprint density at radius 3 is 2.09 bits per heavy atom. The third-order valence-electron chi connectivity index (χ3n) is 6.11. The number of rotatable bonds is 11. The van der Waals surface area contributed by atoms with E-state index in [1.54, 1.807) is 13.8 Å². The third kappa shape index (κ3) is 5.54. The largest absolute Gasteiger partial charge is 0.374 e. The zero-order chi connectivity index (χ0) is 25.1. The summed E-state index contributed by atoms with van der Waals surface area (Å²) in [5.41, 5.74) is 1.80. The molecule has 2 saturated heterocycles. The summed E-state index contributed by atoms with van der Waals surface area (Å²) in [6.07, 6.45) is -3.58. The maximum atomic E-state index is 13.7. The standard InChI is InChI=1S/C25H33O9P/c1-24(2)33-21-20(31-16-19-13-9-6-10-14-19)22(32-23(21)34-24)25(26,35(27,28-3)29-4)17-30-15-18-11-7-5-8-12-18/h5-14,20-23,26H,15-17H2,1-4H3/t20-,21+,22+,23+,25+/m1/s1. The van der Waals surface area contributed by atoms with Crippen molar-refractivity contribution >= 4 is 7.60 Å². The molecule has 10 heteroatoms. The van der Waals surface area contributed by atoms with Crippen LogP contribution in [0.3, 0.4) is 0 Å². The quantitative estimate of drug-likeness (QED) is 0.454. The average Bonchev–Trinajstić information content (AvgIpc) is 3.35. The van der Waals surface area contributed by atoms with Crippen LogP contribution in [-0.2, 0) is 50.5 Å². The molecule has 4 rings (SSSR count). The Hall–Kier alpha value is -1.65. The van der Waals surface area contributed by atoms with Gasteiger partial charge in [0.1, 0.15) is 18.3 Å². The molecule has 0 radical (unpaired) electrons. The van der Waals surface area contributed by atoms with E-state index in [9.17, 15) is 9.67 Å². The second-order valence-electron chi connectivity index (χ2n) is 9.01. The maximum Gasteiger partial charge on any atom is 0.366 e. The first kappa shape index (κ1) is 26.4. The summed E-state index contributed by atoms with van der Waals surface area (Å²) in [4.78, 5) is 0. The van der Waals surface area contributed by atoms with Crippen LogP contribution in [0.15, 0.2) is 60.7 Å². The Morgan fingerprint density at radius 1 is 0.943 bits per heavy atom. The molecule has 2 aromatic carbocycles. The molecule has 0 amide bonds. The molecular weight excluding hydrogens is 475 g/mol. The highest BCUT2D eigenvalue weighted by Gasteiger charge is 2.67. The number of ether oxygens (including phenoxy) is 5. The molecule has 2 fully saturated rings. The lowest BCUT2D eigenvalue weighted by molar-refractivity contribution is -0.240. The van der Waals surface area contributed by atoms with Gasteiger partial charge in [-0.2, -0.15) is 0 Å². The van der Waals surface area contributed by atoms with Crippen molar-refractivity contribution in [2.45, 2.75) is 62.8 Å². The molecule has 9 nitrogen and oxygen atoms in total. The Balaban J connectivity index is 1.61. The van der Waals surface area contributed by atoms with Crippen LogP contribution in [-0.4, -0.2) is 61.7 Å². The highest BCUT2D eigenvalue weighted by Crippen LogP contribution is 2.62. The Labute approximate surface area is 205 Å². The smallest absolute Gasteiger partial charge is 0.366 e. The summed E-state index contributed by atoms with van der Waals surface area (Å²) in [6.45, 7) is 3.51. The van der Waals surface area contributed by atoms with Crippen LogP contribution >= 0.6 is 7.60 Å². The van der Waals surface area contributed by atoms with Crippen molar-refractivity contribution in [3.05, 3.63) is 71.8 Å². The zero-order valence-electron chi connectivity index (χ0n) is 20.4. The van der Waals surface area contributed by atoms with Gasteiger partial charge in [0, 0.05) is 14.2 Å². The number of benzene rings is 2. The first-order valence-electron chi connectivity index (χ1n) is 11.4. The van der Waals surface area contributed by atoms with Gasteiger partial charge in [0.05, 0.1) is 19.8 Å². The molecule has 2 aromatic rings. The summed E-state index contributed by atoms with van der Waals surface area (Å²) < 4.78 is 54.2. The van der Waals surface area contributed by atoms with Gasteiger partial charge in [-0.1, -0.05) is 60.7 Å². The average molecular weight is 509 g/mol. The third-order valence-corrected chi connectivity index (χ3v) is 8.41. The van der Waals surface area contributed by atoms with Crippen molar-refractivity contribution in [3.8, 4) is 0 Å². The maximum absolute atomic E-state index is 13.7. The van der Waals surface area contributed by atoms with E-state index < -0.39 is 49.9 Å². The predicted octanol–water partition coefficient (Wildman–Crippen LogP) is 3.84. The van der Waals surface area contributed by atoms with E-state index in [0.29, 0.717) is 0 Å². The van der Waals surface area contributed by atoms with Crippen LogP contribution in [0.1, 0.15) is 25.0 Å². The highest BCUT2D eigenvalue weighted by atomic mass is 31.2. The van der Waals surface area contributed by atoms with Crippen molar-refractivity contribution in [1.82, 2.24) is 0 Å². The van der Waals surface area contributed by atoms with Gasteiger partial charge in [-0.05, 0) is 25.0 Å². The van der Waals surface area contributed by atoms with Crippen molar-refractivity contribution in [1.29, 1.82) is 0 Å². The van der Waals surface area contributed by atoms with Gasteiger partial charge in [-0.15, -0.1) is 0 Å². The monoisotopic (exact) mass is 508 g/mol. The van der Waals surface area contributed by atoms with E-state index in [1.807, 2.05) is 60.7 Å². The first-order valence-corrected chi connectivity index (χ1v) is 13.0. The summed E-state index contributed by atoms with van der Waals surface area (Å²) in [6, 6.07) is 19.0. The van der Waals surface area contributed by atoms with Gasteiger partial charge in [0.2, 0.25) is 5.34 Å². The van der Waals surface area contributed by atoms with Crippen LogP contribution in [0.2, 0.25) is 0 Å². The molecule has 0 aromatic heterocycles. The second-order valence-corrected chi connectivity index (χ2v) is 11.5. The molecule has 0 unspecified atom stereocenters. The van der Waals surface area contributed by atoms with Gasteiger partial charge in [-0.25, -0.2) is 0 Å². The van der Waals surface area contributed by atoms with Crippen molar-refractivity contribution in [3.63, 3.8) is 0 Å². The zero-order valence-corrected chi connectivity index (χ0v) is 21.3.